The number of thiazole rings is 1. The van der Waals surface area contributed by atoms with Gasteiger partial charge in [0.05, 0.1) is 0 Å². The number of anilines is 1. The molecule has 7 N–H and O–H groups in total. The number of hydrogen-bond donors (Lipinski definition) is 5. The molecular weight excluding hydrogens is 498 g/mol. The monoisotopic (exact) mass is 514 g/mol. The van der Waals surface area contributed by atoms with Gasteiger partial charge in [-0.05, 0) is 0 Å². The van der Waals surface area contributed by atoms with Crippen molar-refractivity contribution < 1.29 is 109 Å². The van der Waals surface area contributed by atoms with Crippen molar-refractivity contribution in [2.75, 3.05) is 18.9 Å². The number of primary amides is 1. The minimum absolute atomic E-state index is 0. The number of amides is 3. The molecule has 20 heteroatoms. The first-order valence-electron chi connectivity index (χ1n) is 7.58. The van der Waals surface area contributed by atoms with Gasteiger partial charge < -0.3 is 34.3 Å². The Morgan fingerprint density at radius 2 is 2.00 bits per heavy atom. The third-order valence-electron chi connectivity index (χ3n) is 3.42. The third-order valence-corrected chi connectivity index (χ3v) is 5.05. The second-order valence-corrected chi connectivity index (χ2v) is 7.62. The van der Waals surface area contributed by atoms with Crippen molar-refractivity contribution >= 4 is 56.4 Å². The SMILES string of the molecule is NC(=O)OC[C@@H]1[C@H](NC(=O)/C(=N\OCC(=O)O)c2csc(N)n2)C(=O)N1S(=O)(=O)O.[H-].[H-].[Na+].[Na+]. The summed E-state index contributed by atoms with van der Waals surface area (Å²) < 4.78 is 36.2. The predicted molar refractivity (Wildman–Crippen MR) is 98.5 cm³/mol. The van der Waals surface area contributed by atoms with Gasteiger partial charge >= 0.3 is 81.5 Å². The fourth-order valence-corrected chi connectivity index (χ4v) is 3.67. The zero-order valence-corrected chi connectivity index (χ0v) is 22.3. The first-order chi connectivity index (χ1) is 13.9. The Labute approximate surface area is 231 Å². The molecule has 16 nitrogen and oxygen atoms in total. The Balaban J connectivity index is -0.00000240. The van der Waals surface area contributed by atoms with Gasteiger partial charge in [0.25, 0.3) is 11.8 Å². The van der Waals surface area contributed by atoms with E-state index in [1.54, 1.807) is 0 Å². The summed E-state index contributed by atoms with van der Waals surface area (Å²) in [6, 6.07) is -3.08. The summed E-state index contributed by atoms with van der Waals surface area (Å²) in [5.41, 5.74) is 9.58. The maximum absolute atomic E-state index is 12.6. The van der Waals surface area contributed by atoms with Gasteiger partial charge in [-0.25, -0.2) is 18.9 Å². The molecule has 1 fully saturated rings. The van der Waals surface area contributed by atoms with E-state index in [0.717, 1.165) is 11.3 Å². The van der Waals surface area contributed by atoms with Gasteiger partial charge in [0.2, 0.25) is 6.61 Å². The van der Waals surface area contributed by atoms with Crippen molar-refractivity contribution in [1.29, 1.82) is 0 Å². The number of nitrogens with zero attached hydrogens (tertiary/aromatic N) is 3. The number of carbonyl (C=O) groups is 4. The Morgan fingerprint density at radius 1 is 1.38 bits per heavy atom. The minimum Gasteiger partial charge on any atom is -1.00 e. The quantitative estimate of drug-likeness (QED) is 0.0677. The van der Waals surface area contributed by atoms with Crippen LogP contribution in [-0.2, 0) is 34.3 Å². The molecule has 0 radical (unpaired) electrons. The number of β-lactam (4-membered cyclic amide) rings is 1. The zero-order chi connectivity index (χ0) is 22.6. The molecule has 0 saturated carbocycles. The van der Waals surface area contributed by atoms with Gasteiger partial charge in [0, 0.05) is 5.38 Å². The number of aromatic nitrogens is 1. The molecule has 1 aliphatic heterocycles. The van der Waals surface area contributed by atoms with Gasteiger partial charge in [-0.1, -0.05) is 5.16 Å². The van der Waals surface area contributed by atoms with Crippen LogP contribution < -0.4 is 75.9 Å². The number of carboxylic acid groups (broad SMARTS) is 1. The fraction of sp³-hybridized carbons (Fsp3) is 0.333. The van der Waals surface area contributed by atoms with E-state index in [1.807, 2.05) is 0 Å². The summed E-state index contributed by atoms with van der Waals surface area (Å²) in [5.74, 6) is -3.76. The molecule has 32 heavy (non-hydrogen) atoms. The Morgan fingerprint density at radius 3 is 2.47 bits per heavy atom. The number of nitrogens with two attached hydrogens (primary N) is 2. The first kappa shape index (κ1) is 30.5. The average molecular weight is 514 g/mol. The standard InChI is InChI=1S/C12H14N6O10S2.2Na.2H/c13-11-15-4(3-29-11)7(17-28-2-6(19)20)9(21)16-8-5(1-27-12(14)23)18(10(8)22)30(24,25)26;;;;/h3,5,8H,1-2H2,(H2,13,15)(H2,14,23)(H,16,21)(H,19,20)(H,24,25,26);;;;/q;2*+1;2*-1/b17-7-;;;;/t5-,8+;;;;/m1..../s1. The normalized spacial score (nSPS) is 17.8. The summed E-state index contributed by atoms with van der Waals surface area (Å²) in [6.45, 7) is -1.66. The molecule has 1 aliphatic rings. The zero-order valence-electron chi connectivity index (χ0n) is 18.6. The molecular formula is C12H16N6Na2O10S2. The predicted octanol–water partition coefficient (Wildman–Crippen LogP) is -8.64. The summed E-state index contributed by atoms with van der Waals surface area (Å²) >= 11 is 0.920. The number of rotatable bonds is 9. The molecule has 2 atom stereocenters. The van der Waals surface area contributed by atoms with Crippen LogP contribution in [0.2, 0.25) is 0 Å². The fourth-order valence-electron chi connectivity index (χ4n) is 2.26. The number of hydrogen-bond acceptors (Lipinski definition) is 12. The molecule has 3 amide bonds. The van der Waals surface area contributed by atoms with Gasteiger partial charge in [-0.3, -0.25) is 14.1 Å². The van der Waals surface area contributed by atoms with Crippen molar-refractivity contribution in [1.82, 2.24) is 14.6 Å². The van der Waals surface area contributed by atoms with E-state index in [0.29, 0.717) is 0 Å². The van der Waals surface area contributed by atoms with Crippen LogP contribution in [0.4, 0.5) is 9.93 Å². The number of oxime groups is 1. The summed E-state index contributed by atoms with van der Waals surface area (Å²) in [7, 11) is -5.02. The number of nitrogen functional groups attached to an aromatic ring is 1. The van der Waals surface area contributed by atoms with Crippen LogP contribution in [0, 0.1) is 0 Å². The van der Waals surface area contributed by atoms with Crippen LogP contribution in [0.3, 0.4) is 0 Å². The number of carbonyl (C=O) groups excluding carboxylic acids is 3. The number of carboxylic acids is 1. The second-order valence-electron chi connectivity index (χ2n) is 5.44. The number of ether oxygens (including phenoxy) is 1. The van der Waals surface area contributed by atoms with Crippen LogP contribution >= 0.6 is 11.3 Å². The minimum atomic E-state index is -5.02. The Kier molecular flexibility index (Phi) is 12.1. The van der Waals surface area contributed by atoms with E-state index in [-0.39, 0.29) is 77.1 Å². The van der Waals surface area contributed by atoms with E-state index in [2.05, 4.69) is 25.0 Å². The van der Waals surface area contributed by atoms with Crippen molar-refractivity contribution in [3.8, 4) is 0 Å². The van der Waals surface area contributed by atoms with E-state index >= 15 is 0 Å². The molecule has 1 aromatic heterocycles. The van der Waals surface area contributed by atoms with Crippen molar-refractivity contribution in [3.05, 3.63) is 11.1 Å². The summed E-state index contributed by atoms with van der Waals surface area (Å²) in [5, 5.41) is 15.4. The molecule has 0 aliphatic carbocycles. The maximum Gasteiger partial charge on any atom is 1.00 e. The smallest absolute Gasteiger partial charge is 1.00 e. The van der Waals surface area contributed by atoms with Crippen molar-refractivity contribution in [2.45, 2.75) is 12.1 Å². The third kappa shape index (κ3) is 7.81. The van der Waals surface area contributed by atoms with E-state index in [4.69, 9.17) is 21.1 Å². The first-order valence-corrected chi connectivity index (χ1v) is 9.86. The van der Waals surface area contributed by atoms with Crippen molar-refractivity contribution in [2.24, 2.45) is 10.9 Å². The van der Waals surface area contributed by atoms with Gasteiger partial charge in [0.1, 0.15) is 24.4 Å². The topological polar surface area (TPSA) is 254 Å². The molecule has 0 bridgehead atoms. The molecule has 0 unspecified atom stereocenters. The van der Waals surface area contributed by atoms with E-state index in [9.17, 15) is 27.6 Å². The molecule has 1 aromatic rings. The van der Waals surface area contributed by atoms with Crippen LogP contribution in [-0.4, -0.2) is 82.3 Å². The van der Waals surface area contributed by atoms with E-state index in [1.165, 1.54) is 5.38 Å². The molecule has 0 aromatic carbocycles. The average Bonchev–Trinajstić information content (AvgIpc) is 3.04. The van der Waals surface area contributed by atoms with Crippen molar-refractivity contribution in [3.63, 3.8) is 0 Å². The Hall–Kier alpha value is -1.51. The van der Waals surface area contributed by atoms with Crippen LogP contribution in [0.1, 0.15) is 8.55 Å². The molecule has 2 heterocycles. The van der Waals surface area contributed by atoms with E-state index < -0.39 is 65.2 Å². The summed E-state index contributed by atoms with van der Waals surface area (Å²) in [4.78, 5) is 54.3. The molecule has 0 spiro atoms. The van der Waals surface area contributed by atoms with Gasteiger partial charge in [-0.2, -0.15) is 8.42 Å². The maximum atomic E-state index is 12.6. The van der Waals surface area contributed by atoms with Crippen LogP contribution in [0.15, 0.2) is 10.5 Å². The largest absolute Gasteiger partial charge is 1.00 e. The number of nitrogens with one attached hydrogen (secondary N) is 1. The summed E-state index contributed by atoms with van der Waals surface area (Å²) in [6.07, 6.45) is -1.29. The molecule has 168 valence electrons. The van der Waals surface area contributed by atoms with Crippen LogP contribution in [0.25, 0.3) is 0 Å². The van der Waals surface area contributed by atoms with Gasteiger partial charge in [-0.15, -0.1) is 11.3 Å². The number of aliphatic carboxylic acids is 1. The Bertz CT molecular complexity index is 1030. The molecule has 2 rings (SSSR count). The van der Waals surface area contributed by atoms with Gasteiger partial charge in [0.15, 0.2) is 10.8 Å². The van der Waals surface area contributed by atoms with Crippen LogP contribution in [0.5, 0.6) is 0 Å². The molecule has 1 saturated heterocycles. The second kappa shape index (κ2) is 12.7.